The first-order valence-corrected chi connectivity index (χ1v) is 9.45. The maximum absolute atomic E-state index is 12.3. The molecular weight excluding hydrogens is 318 g/mol. The van der Waals surface area contributed by atoms with Gasteiger partial charge in [-0.3, -0.25) is 4.79 Å². The molecule has 1 aliphatic rings. The number of ether oxygens (including phenoxy) is 1. The van der Waals surface area contributed by atoms with Crippen LogP contribution < -0.4 is 5.32 Å². The zero-order chi connectivity index (χ0) is 16.9. The fourth-order valence-electron chi connectivity index (χ4n) is 2.58. The second-order valence-electron chi connectivity index (χ2n) is 5.60. The maximum atomic E-state index is 12.3. The van der Waals surface area contributed by atoms with E-state index in [-0.39, 0.29) is 18.1 Å². The molecule has 0 aromatic heterocycles. The van der Waals surface area contributed by atoms with Crippen LogP contribution in [0.5, 0.6) is 0 Å². The van der Waals surface area contributed by atoms with E-state index in [2.05, 4.69) is 5.32 Å². The molecule has 7 heteroatoms. The van der Waals surface area contributed by atoms with Crippen molar-refractivity contribution in [3.8, 4) is 0 Å². The molecule has 0 aliphatic carbocycles. The number of hydrogen-bond donors (Lipinski definition) is 1. The Morgan fingerprint density at radius 2 is 2.00 bits per heavy atom. The van der Waals surface area contributed by atoms with Gasteiger partial charge in [0.15, 0.2) is 9.84 Å². The fourth-order valence-corrected chi connectivity index (χ4v) is 4.32. The van der Waals surface area contributed by atoms with Gasteiger partial charge in [0.1, 0.15) is 6.04 Å². The normalized spacial score (nSPS) is 20.7. The van der Waals surface area contributed by atoms with Crippen LogP contribution in [0, 0.1) is 5.92 Å². The Bertz CT molecular complexity index is 656. The Hall–Kier alpha value is -1.89. The highest BCUT2D eigenvalue weighted by Crippen LogP contribution is 2.19. The van der Waals surface area contributed by atoms with Gasteiger partial charge in [-0.15, -0.1) is 0 Å². The standard InChI is InChI=1S/C16H21NO5S/c1-2-22-16(19)14(10-12-6-4-3-5-7-12)17-15(18)13-8-9-23(20,21)11-13/h3-7,13-14H,2,8-11H2,1H3,(H,17,18)/t13-,14-/m1/s1. The van der Waals surface area contributed by atoms with Gasteiger partial charge in [0.25, 0.3) is 0 Å². The Kier molecular flexibility index (Phi) is 5.76. The summed E-state index contributed by atoms with van der Waals surface area (Å²) >= 11 is 0. The molecule has 0 radical (unpaired) electrons. The zero-order valence-corrected chi connectivity index (χ0v) is 13.8. The van der Waals surface area contributed by atoms with Crippen LogP contribution >= 0.6 is 0 Å². The van der Waals surface area contributed by atoms with Gasteiger partial charge in [-0.25, -0.2) is 13.2 Å². The fraction of sp³-hybridized carbons (Fsp3) is 0.500. The predicted octanol–water partition coefficient (Wildman–Crippen LogP) is 0.712. The molecule has 0 spiro atoms. The van der Waals surface area contributed by atoms with Crippen molar-refractivity contribution in [1.29, 1.82) is 0 Å². The van der Waals surface area contributed by atoms with Crippen molar-refractivity contribution in [2.45, 2.75) is 25.8 Å². The maximum Gasteiger partial charge on any atom is 0.328 e. The molecule has 126 valence electrons. The third-order valence-electron chi connectivity index (χ3n) is 3.77. The van der Waals surface area contributed by atoms with Gasteiger partial charge >= 0.3 is 5.97 Å². The molecule has 2 rings (SSSR count). The van der Waals surface area contributed by atoms with Crippen molar-refractivity contribution >= 4 is 21.7 Å². The Morgan fingerprint density at radius 3 is 2.57 bits per heavy atom. The van der Waals surface area contributed by atoms with Gasteiger partial charge in [-0.2, -0.15) is 0 Å². The molecule has 1 saturated heterocycles. The highest BCUT2D eigenvalue weighted by Gasteiger charge is 2.35. The van der Waals surface area contributed by atoms with Crippen LogP contribution in [0.2, 0.25) is 0 Å². The molecule has 1 amide bonds. The van der Waals surface area contributed by atoms with Crippen LogP contribution in [-0.2, 0) is 30.6 Å². The van der Waals surface area contributed by atoms with Gasteiger partial charge in [-0.1, -0.05) is 30.3 Å². The molecule has 1 aliphatic heterocycles. The number of carbonyl (C=O) groups excluding carboxylic acids is 2. The minimum absolute atomic E-state index is 0.0217. The summed E-state index contributed by atoms with van der Waals surface area (Å²) in [5.41, 5.74) is 0.893. The molecule has 1 aromatic rings. The first-order valence-electron chi connectivity index (χ1n) is 7.62. The summed E-state index contributed by atoms with van der Waals surface area (Å²) in [4.78, 5) is 24.3. The van der Waals surface area contributed by atoms with E-state index in [4.69, 9.17) is 4.74 Å². The number of hydrogen-bond acceptors (Lipinski definition) is 5. The molecule has 6 nitrogen and oxygen atoms in total. The van der Waals surface area contributed by atoms with E-state index in [1.54, 1.807) is 6.92 Å². The second-order valence-corrected chi connectivity index (χ2v) is 7.83. The van der Waals surface area contributed by atoms with E-state index in [0.717, 1.165) is 5.56 Å². The van der Waals surface area contributed by atoms with Crippen molar-refractivity contribution < 1.29 is 22.7 Å². The largest absolute Gasteiger partial charge is 0.464 e. The zero-order valence-electron chi connectivity index (χ0n) is 13.0. The van der Waals surface area contributed by atoms with Gasteiger partial charge < -0.3 is 10.1 Å². The van der Waals surface area contributed by atoms with Gasteiger partial charge in [0.05, 0.1) is 24.0 Å². The Labute approximate surface area is 136 Å². The number of carbonyl (C=O) groups is 2. The highest BCUT2D eigenvalue weighted by atomic mass is 32.2. The van der Waals surface area contributed by atoms with Crippen molar-refractivity contribution in [1.82, 2.24) is 5.32 Å². The van der Waals surface area contributed by atoms with E-state index in [1.807, 2.05) is 30.3 Å². The summed E-state index contributed by atoms with van der Waals surface area (Å²) in [6.07, 6.45) is 0.611. The number of benzene rings is 1. The van der Waals surface area contributed by atoms with E-state index >= 15 is 0 Å². The lowest BCUT2D eigenvalue weighted by Gasteiger charge is -2.19. The summed E-state index contributed by atoms with van der Waals surface area (Å²) in [6, 6.07) is 8.47. The monoisotopic (exact) mass is 339 g/mol. The summed E-state index contributed by atoms with van der Waals surface area (Å²) in [5.74, 6) is -1.63. The molecule has 1 aromatic carbocycles. The lowest BCUT2D eigenvalue weighted by atomic mass is 10.0. The van der Waals surface area contributed by atoms with Crippen molar-refractivity contribution in [3.63, 3.8) is 0 Å². The molecule has 0 bridgehead atoms. The van der Waals surface area contributed by atoms with Crippen LogP contribution in [0.25, 0.3) is 0 Å². The molecule has 1 fully saturated rings. The van der Waals surface area contributed by atoms with Crippen molar-refractivity contribution in [2.24, 2.45) is 5.92 Å². The molecule has 0 saturated carbocycles. The minimum atomic E-state index is -3.14. The quantitative estimate of drug-likeness (QED) is 0.771. The topological polar surface area (TPSA) is 89.5 Å². The Balaban J connectivity index is 2.05. The van der Waals surface area contributed by atoms with Crippen LogP contribution in [0.1, 0.15) is 18.9 Å². The van der Waals surface area contributed by atoms with E-state index in [0.29, 0.717) is 12.8 Å². The van der Waals surface area contributed by atoms with Gasteiger partial charge in [0, 0.05) is 6.42 Å². The Morgan fingerprint density at radius 1 is 1.30 bits per heavy atom. The molecule has 2 atom stereocenters. The summed E-state index contributed by atoms with van der Waals surface area (Å²) in [7, 11) is -3.14. The van der Waals surface area contributed by atoms with Crippen molar-refractivity contribution in [3.05, 3.63) is 35.9 Å². The van der Waals surface area contributed by atoms with E-state index in [1.165, 1.54) is 0 Å². The smallest absolute Gasteiger partial charge is 0.328 e. The average molecular weight is 339 g/mol. The number of sulfone groups is 1. The predicted molar refractivity (Wildman–Crippen MR) is 85.5 cm³/mol. The van der Waals surface area contributed by atoms with Gasteiger partial charge in [-0.05, 0) is 18.9 Å². The molecule has 1 N–H and O–H groups in total. The highest BCUT2D eigenvalue weighted by molar-refractivity contribution is 7.91. The molecule has 0 unspecified atom stereocenters. The summed E-state index contributed by atoms with van der Waals surface area (Å²) in [5, 5.41) is 2.65. The third kappa shape index (κ3) is 5.06. The lowest BCUT2D eigenvalue weighted by Crippen LogP contribution is -2.46. The SMILES string of the molecule is CCOC(=O)[C@@H](Cc1ccccc1)NC(=O)[C@@H]1CCS(=O)(=O)C1. The first-order chi connectivity index (χ1) is 10.9. The van der Waals surface area contributed by atoms with E-state index < -0.39 is 33.7 Å². The van der Waals surface area contributed by atoms with Crippen LogP contribution in [-0.4, -0.2) is 44.4 Å². The number of esters is 1. The van der Waals surface area contributed by atoms with E-state index in [9.17, 15) is 18.0 Å². The minimum Gasteiger partial charge on any atom is -0.464 e. The van der Waals surface area contributed by atoms with Crippen LogP contribution in [0.3, 0.4) is 0 Å². The third-order valence-corrected chi connectivity index (χ3v) is 5.54. The molecular formula is C16H21NO5S. The first kappa shape index (κ1) is 17.5. The van der Waals surface area contributed by atoms with Crippen molar-refractivity contribution in [2.75, 3.05) is 18.1 Å². The lowest BCUT2D eigenvalue weighted by molar-refractivity contribution is -0.147. The van der Waals surface area contributed by atoms with Crippen LogP contribution in [0.15, 0.2) is 30.3 Å². The average Bonchev–Trinajstić information content (AvgIpc) is 2.88. The van der Waals surface area contributed by atoms with Crippen LogP contribution in [0.4, 0.5) is 0 Å². The summed E-state index contributed by atoms with van der Waals surface area (Å²) in [6.45, 7) is 1.92. The number of amides is 1. The van der Waals surface area contributed by atoms with Gasteiger partial charge in [0.2, 0.25) is 5.91 Å². The number of nitrogens with one attached hydrogen (secondary N) is 1. The second kappa shape index (κ2) is 7.59. The molecule has 23 heavy (non-hydrogen) atoms. The summed E-state index contributed by atoms with van der Waals surface area (Å²) < 4.78 is 28.0. The number of rotatable bonds is 6. The molecule has 1 heterocycles.